The van der Waals surface area contributed by atoms with Gasteiger partial charge >= 0.3 is 35.8 Å². The van der Waals surface area contributed by atoms with E-state index in [1.165, 1.54) is 117 Å². The largest absolute Gasteiger partial charge is 0.481 e. The molecule has 1 saturated heterocycles. The Morgan fingerprint density at radius 1 is 0.496 bits per heavy atom. The van der Waals surface area contributed by atoms with Crippen LogP contribution in [0.1, 0.15) is 305 Å². The molecule has 0 bridgehead atoms. The van der Waals surface area contributed by atoms with Gasteiger partial charge in [-0.1, -0.05) is 317 Å². The Labute approximate surface area is 762 Å². The molecule has 0 spiro atoms. The number of nitrogens with one attached hydrogen (secondary N) is 3. The lowest BCUT2D eigenvalue weighted by atomic mass is 9.62. The number of carboxylic acid groups (broad SMARTS) is 4. The first-order valence-electron chi connectivity index (χ1n) is 44.1. The minimum absolute atomic E-state index is 0.0642. The van der Waals surface area contributed by atoms with Crippen LogP contribution in [-0.4, -0.2) is 80.9 Å². The molecule has 672 valence electrons. The monoisotopic (exact) mass is 1780 g/mol. The Balaban J connectivity index is 0.000000218. The van der Waals surface area contributed by atoms with Crippen molar-refractivity contribution in [1.82, 2.24) is 5.32 Å². The number of anilines is 4. The SMILES string of the molecule is C=C(c1ccc(C(=O)O)cc1)c1cc2c(cc1C)C(C)(C)CCC2(C)C.C=C(c1ccc(C(=O)O)cc1)c1cc2c(cc1C)C(C)(C)CCC2(C)C.CCCCCCCCCCC[C@@H](C[C@@H]1OC(=O)[C@H]1CCCCCC)OC(=O)[C@H](CC(C)C)NC=O.O=C(O)Cc1ccccc1Nc1c(Cl)cccc1Cl.O=C(O)Cc1ccccc1Nc1c(Cl)cccc1Cl. The zero-order chi connectivity index (χ0) is 92.1. The number of fused-ring (bicyclic) bond motifs is 2. The van der Waals surface area contributed by atoms with Gasteiger partial charge in [-0.2, -0.15) is 0 Å². The minimum Gasteiger partial charge on any atom is -0.481 e. The summed E-state index contributed by atoms with van der Waals surface area (Å²) in [5.74, 6) is -3.89. The Morgan fingerprint density at radius 2 is 0.848 bits per heavy atom. The summed E-state index contributed by atoms with van der Waals surface area (Å²) in [5.41, 5.74) is 19.4. The van der Waals surface area contributed by atoms with E-state index in [2.05, 4.69) is 136 Å². The van der Waals surface area contributed by atoms with E-state index in [4.69, 9.17) is 76.3 Å². The summed E-state index contributed by atoms with van der Waals surface area (Å²) in [6.07, 6.45) is 23.1. The van der Waals surface area contributed by atoms with Gasteiger partial charge in [0.25, 0.3) is 0 Å². The second-order valence-corrected chi connectivity index (χ2v) is 38.0. The summed E-state index contributed by atoms with van der Waals surface area (Å²) in [5, 5.41) is 46.7. The summed E-state index contributed by atoms with van der Waals surface area (Å²) in [6, 6.07) is 47.3. The number of halogens is 4. The second-order valence-electron chi connectivity index (χ2n) is 36.4. The summed E-state index contributed by atoms with van der Waals surface area (Å²) in [6.45, 7) is 40.0. The molecule has 8 aromatic rings. The van der Waals surface area contributed by atoms with Crippen molar-refractivity contribution >= 4 is 123 Å². The number of carboxylic acids is 4. The standard InChI is InChI=1S/C29H53NO5.2C24H28O2.2C14H11Cl2NO2/c1-5-7-9-11-12-13-14-15-16-18-24(34-29(33)26(30-22-31)20-23(3)4)21-27-25(28(32)35-27)19-17-10-8-6-2;2*1-15-13-20-21(24(5,6)12-11-23(20,3)4)14-19(15)16(2)17-7-9-18(10-8-17)22(25)26;2*15-10-5-3-6-11(16)14(10)17-12-7-2-1-4-9(12)8-13(18)19/h22-27H,5-21H2,1-4H3,(H,30,31);2*7-10,13-14H,2,11-12H2,1,3-6H3,(H,25,26);2*1-7,17H,8H2,(H,18,19)/t24-,25-,26-,27-;;;;/m0..../s1. The first-order chi connectivity index (χ1) is 59.1. The highest BCUT2D eigenvalue weighted by Gasteiger charge is 2.44. The molecule has 0 radical (unpaired) electrons. The van der Waals surface area contributed by atoms with Gasteiger partial charge < -0.3 is 45.9 Å². The highest BCUT2D eigenvalue weighted by atomic mass is 35.5. The summed E-state index contributed by atoms with van der Waals surface area (Å²) in [4.78, 5) is 79.8. The summed E-state index contributed by atoms with van der Waals surface area (Å²) < 4.78 is 11.4. The molecule has 3 aliphatic rings. The number of esters is 2. The normalized spacial score (nSPS) is 15.7. The quantitative estimate of drug-likeness (QED) is 0.0109. The molecule has 0 aromatic heterocycles. The highest BCUT2D eigenvalue weighted by Crippen LogP contribution is 2.50. The molecule has 1 heterocycles. The van der Waals surface area contributed by atoms with E-state index in [-0.39, 0.29) is 70.5 Å². The van der Waals surface area contributed by atoms with Crippen LogP contribution in [0.5, 0.6) is 0 Å². The second kappa shape index (κ2) is 48.3. The molecule has 0 saturated carbocycles. The molecule has 2 aliphatic carbocycles. The Hall–Kier alpha value is -9.71. The van der Waals surface area contributed by atoms with Crippen LogP contribution < -0.4 is 16.0 Å². The number of rotatable bonds is 37. The Morgan fingerprint density at radius 3 is 1.20 bits per heavy atom. The van der Waals surface area contributed by atoms with Crippen molar-refractivity contribution in [2.24, 2.45) is 11.8 Å². The fourth-order valence-corrected chi connectivity index (χ4v) is 17.3. The third kappa shape index (κ3) is 30.2. The van der Waals surface area contributed by atoms with Gasteiger partial charge in [0.1, 0.15) is 18.2 Å². The average Bonchev–Trinajstić information content (AvgIpc) is 0.747. The number of unbranched alkanes of at least 4 members (excludes halogenated alkanes) is 11. The number of para-hydroxylation sites is 4. The number of ether oxygens (including phenoxy) is 2. The van der Waals surface area contributed by atoms with Crippen molar-refractivity contribution in [3.8, 4) is 0 Å². The Bertz CT molecular complexity index is 4710. The van der Waals surface area contributed by atoms with Crippen LogP contribution in [0, 0.1) is 25.7 Å². The predicted molar refractivity (Wildman–Crippen MR) is 512 cm³/mol. The number of carbonyl (C=O) groups is 7. The van der Waals surface area contributed by atoms with Crippen LogP contribution in [0.2, 0.25) is 20.1 Å². The highest BCUT2D eigenvalue weighted by molar-refractivity contribution is 6.40. The lowest BCUT2D eigenvalue weighted by Crippen LogP contribution is -2.48. The van der Waals surface area contributed by atoms with Crippen LogP contribution >= 0.6 is 46.4 Å². The first kappa shape index (κ1) is 102. The van der Waals surface area contributed by atoms with Gasteiger partial charge in [0, 0.05) is 17.8 Å². The van der Waals surface area contributed by atoms with Crippen molar-refractivity contribution in [1.29, 1.82) is 0 Å². The number of aryl methyl sites for hydroxylation is 2. The van der Waals surface area contributed by atoms with E-state index >= 15 is 0 Å². The third-order valence-corrected chi connectivity index (χ3v) is 25.5. The van der Waals surface area contributed by atoms with Crippen LogP contribution in [-0.2, 0) is 67.9 Å². The zero-order valence-electron chi connectivity index (χ0n) is 75.6. The maximum atomic E-state index is 12.9. The number of aliphatic carboxylic acids is 2. The fraction of sp³-hybridized carbons (Fsp3) is 0.438. The maximum Gasteiger partial charge on any atom is 0.335 e. The third-order valence-electron chi connectivity index (χ3n) is 24.2. The number of amides is 1. The van der Waals surface area contributed by atoms with Crippen molar-refractivity contribution in [2.75, 3.05) is 10.6 Å². The minimum atomic E-state index is -0.906. The van der Waals surface area contributed by atoms with Gasteiger partial charge in [0.2, 0.25) is 6.41 Å². The smallest absolute Gasteiger partial charge is 0.335 e. The molecule has 11 rings (SSSR count). The van der Waals surface area contributed by atoms with Crippen LogP contribution in [0.4, 0.5) is 22.7 Å². The van der Waals surface area contributed by atoms with Crippen LogP contribution in [0.3, 0.4) is 0 Å². The van der Waals surface area contributed by atoms with Crippen molar-refractivity contribution in [3.05, 3.63) is 269 Å². The molecule has 1 aliphatic heterocycles. The van der Waals surface area contributed by atoms with Crippen LogP contribution in [0.25, 0.3) is 11.1 Å². The molecular weight excluding hydrogens is 1650 g/mol. The first-order valence-corrected chi connectivity index (χ1v) is 45.6. The van der Waals surface area contributed by atoms with E-state index < -0.39 is 29.9 Å². The van der Waals surface area contributed by atoms with Gasteiger partial charge in [0.05, 0.1) is 61.4 Å². The predicted octanol–water partition coefficient (Wildman–Crippen LogP) is 27.8. The Kier molecular flexibility index (Phi) is 39.5. The van der Waals surface area contributed by atoms with Gasteiger partial charge in [0.15, 0.2) is 0 Å². The molecule has 16 nitrogen and oxygen atoms in total. The topological polar surface area (TPSA) is 255 Å². The zero-order valence-corrected chi connectivity index (χ0v) is 78.7. The lowest BCUT2D eigenvalue weighted by Gasteiger charge is -2.42. The number of benzene rings is 8. The molecule has 4 atom stereocenters. The van der Waals surface area contributed by atoms with E-state index in [1.807, 2.05) is 50.2 Å². The number of hydrogen-bond donors (Lipinski definition) is 7. The molecule has 1 fully saturated rings. The maximum absolute atomic E-state index is 12.9. The molecular formula is C105H131Cl4N3O13. The molecule has 0 unspecified atom stereocenters. The van der Waals surface area contributed by atoms with E-state index in [1.54, 1.807) is 97.1 Å². The van der Waals surface area contributed by atoms with Crippen LogP contribution in [0.15, 0.2) is 171 Å². The van der Waals surface area contributed by atoms with Gasteiger partial charge in [-0.25, -0.2) is 14.4 Å². The molecule has 125 heavy (non-hydrogen) atoms. The number of cyclic esters (lactones) is 1. The molecule has 1 amide bonds. The van der Waals surface area contributed by atoms with Gasteiger partial charge in [-0.15, -0.1) is 0 Å². The van der Waals surface area contributed by atoms with E-state index in [0.29, 0.717) is 84.3 Å². The lowest BCUT2D eigenvalue weighted by molar-refractivity contribution is -0.190. The molecule has 20 heteroatoms. The molecule has 7 N–H and O–H groups in total. The van der Waals surface area contributed by atoms with E-state index in [9.17, 15) is 33.6 Å². The fourth-order valence-electron chi connectivity index (χ4n) is 16.4. The number of aromatic carboxylic acids is 2. The number of carbonyl (C=O) groups excluding carboxylic acids is 3. The summed E-state index contributed by atoms with van der Waals surface area (Å²) in [7, 11) is 0. The van der Waals surface area contributed by atoms with Gasteiger partial charge in [-0.3, -0.25) is 19.2 Å². The van der Waals surface area contributed by atoms with E-state index in [0.717, 1.165) is 71.9 Å². The number of hydrogen-bond acceptors (Lipinski definition) is 11. The van der Waals surface area contributed by atoms with Crippen molar-refractivity contribution in [3.63, 3.8) is 0 Å². The average molecular weight is 1790 g/mol. The van der Waals surface area contributed by atoms with Crippen molar-refractivity contribution in [2.45, 2.75) is 285 Å². The van der Waals surface area contributed by atoms with Gasteiger partial charge in [-0.05, 0) is 231 Å². The summed E-state index contributed by atoms with van der Waals surface area (Å²) >= 11 is 24.3. The molecule has 8 aromatic carbocycles. The van der Waals surface area contributed by atoms with Crippen molar-refractivity contribution < 1.29 is 63.5 Å².